The van der Waals surface area contributed by atoms with Crippen LogP contribution in [0.1, 0.15) is 5.56 Å². The Morgan fingerprint density at radius 1 is 1.35 bits per heavy atom. The molecule has 0 aliphatic carbocycles. The van der Waals surface area contributed by atoms with Gasteiger partial charge in [-0.15, -0.1) is 10.2 Å². The summed E-state index contributed by atoms with van der Waals surface area (Å²) in [6.45, 7) is 2.01. The van der Waals surface area contributed by atoms with Gasteiger partial charge in [-0.05, 0) is 30.7 Å². The van der Waals surface area contributed by atoms with Crippen LogP contribution in [0.3, 0.4) is 0 Å². The van der Waals surface area contributed by atoms with Gasteiger partial charge in [0.25, 0.3) is 5.89 Å². The van der Waals surface area contributed by atoms with E-state index >= 15 is 0 Å². The molecule has 0 unspecified atom stereocenters. The zero-order valence-corrected chi connectivity index (χ0v) is 9.52. The predicted molar refractivity (Wildman–Crippen MR) is 62.9 cm³/mol. The fourth-order valence-electron chi connectivity index (χ4n) is 1.93. The summed E-state index contributed by atoms with van der Waals surface area (Å²) in [5, 5.41) is 8.68. The van der Waals surface area contributed by atoms with E-state index in [2.05, 4.69) is 15.2 Å². The third kappa shape index (κ3) is 1.47. The Hall–Kier alpha value is -2.30. The first kappa shape index (κ1) is 9.89. The summed E-state index contributed by atoms with van der Waals surface area (Å²) in [6, 6.07) is 5.87. The van der Waals surface area contributed by atoms with Crippen molar-refractivity contribution >= 4 is 10.9 Å². The number of nitrogens with one attached hydrogen (secondary N) is 1. The maximum Gasteiger partial charge on any atom is 0.264 e. The van der Waals surface area contributed by atoms with Crippen LogP contribution in [0.4, 0.5) is 0 Å². The number of hydrogen-bond donors (Lipinski definition) is 1. The molecule has 0 atom stereocenters. The fraction of sp³-hybridized carbons (Fsp3) is 0.167. The second-order valence-corrected chi connectivity index (χ2v) is 3.78. The van der Waals surface area contributed by atoms with Crippen molar-refractivity contribution in [3.05, 3.63) is 30.2 Å². The fourth-order valence-corrected chi connectivity index (χ4v) is 1.93. The molecular formula is C12H11N3O2. The lowest BCUT2D eigenvalue weighted by atomic mass is 10.1. The van der Waals surface area contributed by atoms with E-state index in [0.717, 1.165) is 27.9 Å². The van der Waals surface area contributed by atoms with Gasteiger partial charge >= 0.3 is 0 Å². The van der Waals surface area contributed by atoms with Crippen molar-refractivity contribution in [2.75, 3.05) is 7.11 Å². The maximum atomic E-state index is 5.21. The molecule has 5 nitrogen and oxygen atoms in total. The average Bonchev–Trinajstić information content (AvgIpc) is 2.97. The van der Waals surface area contributed by atoms with Crippen molar-refractivity contribution in [2.45, 2.75) is 6.92 Å². The van der Waals surface area contributed by atoms with Gasteiger partial charge in [-0.1, -0.05) is 0 Å². The molecular weight excluding hydrogens is 218 g/mol. The molecule has 86 valence electrons. The number of aromatic amines is 1. The highest BCUT2D eigenvalue weighted by Crippen LogP contribution is 2.30. The van der Waals surface area contributed by atoms with E-state index < -0.39 is 0 Å². The van der Waals surface area contributed by atoms with Crippen molar-refractivity contribution in [3.8, 4) is 17.3 Å². The highest BCUT2D eigenvalue weighted by atomic mass is 16.5. The first-order valence-corrected chi connectivity index (χ1v) is 5.22. The third-order valence-corrected chi connectivity index (χ3v) is 2.84. The Labute approximate surface area is 97.4 Å². The number of benzene rings is 1. The Bertz CT molecular complexity index is 656. The van der Waals surface area contributed by atoms with Crippen LogP contribution in [-0.2, 0) is 0 Å². The molecule has 3 aromatic rings. The van der Waals surface area contributed by atoms with Crippen LogP contribution in [0.2, 0.25) is 0 Å². The van der Waals surface area contributed by atoms with E-state index in [4.69, 9.17) is 9.15 Å². The SMILES string of the molecule is COc1ccc2[nH]c(-c3nnco3)c(C)c2c1. The van der Waals surface area contributed by atoms with E-state index in [1.807, 2.05) is 25.1 Å². The van der Waals surface area contributed by atoms with E-state index in [1.54, 1.807) is 7.11 Å². The van der Waals surface area contributed by atoms with E-state index in [0.29, 0.717) is 5.89 Å². The molecule has 0 fully saturated rings. The van der Waals surface area contributed by atoms with E-state index in [-0.39, 0.29) is 0 Å². The molecule has 0 radical (unpaired) electrons. The molecule has 0 spiro atoms. The summed E-state index contributed by atoms with van der Waals surface area (Å²) in [7, 11) is 1.65. The minimum absolute atomic E-state index is 0.498. The standard InChI is InChI=1S/C12H11N3O2/c1-7-9-5-8(16-2)3-4-10(9)14-11(7)12-15-13-6-17-12/h3-6,14H,1-2H3. The predicted octanol–water partition coefficient (Wildman–Crippen LogP) is 2.53. The number of rotatable bonds is 2. The summed E-state index contributed by atoms with van der Waals surface area (Å²) in [6.07, 6.45) is 1.32. The monoisotopic (exact) mass is 229 g/mol. The van der Waals surface area contributed by atoms with Crippen molar-refractivity contribution in [3.63, 3.8) is 0 Å². The van der Waals surface area contributed by atoms with Gasteiger partial charge in [-0.2, -0.15) is 0 Å². The van der Waals surface area contributed by atoms with Gasteiger partial charge in [0.1, 0.15) is 11.4 Å². The van der Waals surface area contributed by atoms with Gasteiger partial charge in [0.15, 0.2) is 0 Å². The van der Waals surface area contributed by atoms with Gasteiger partial charge in [-0.25, -0.2) is 0 Å². The lowest BCUT2D eigenvalue weighted by Gasteiger charge is -1.98. The van der Waals surface area contributed by atoms with Crippen molar-refractivity contribution in [1.29, 1.82) is 0 Å². The average molecular weight is 229 g/mol. The quantitative estimate of drug-likeness (QED) is 0.733. The Morgan fingerprint density at radius 3 is 2.94 bits per heavy atom. The van der Waals surface area contributed by atoms with Crippen LogP contribution in [0, 0.1) is 6.92 Å². The molecule has 0 aliphatic heterocycles. The number of aromatic nitrogens is 3. The topological polar surface area (TPSA) is 63.9 Å². The number of aryl methyl sites for hydroxylation is 1. The van der Waals surface area contributed by atoms with Crippen molar-refractivity contribution in [2.24, 2.45) is 0 Å². The summed E-state index contributed by atoms with van der Waals surface area (Å²) < 4.78 is 10.4. The number of hydrogen-bond acceptors (Lipinski definition) is 4. The summed E-state index contributed by atoms with van der Waals surface area (Å²) in [5.74, 6) is 1.33. The lowest BCUT2D eigenvalue weighted by Crippen LogP contribution is -1.81. The van der Waals surface area contributed by atoms with Crippen LogP contribution in [0.15, 0.2) is 29.0 Å². The molecule has 3 rings (SSSR count). The summed E-state index contributed by atoms with van der Waals surface area (Å²) in [4.78, 5) is 3.27. The highest BCUT2D eigenvalue weighted by Gasteiger charge is 2.13. The molecule has 2 aromatic heterocycles. The smallest absolute Gasteiger partial charge is 0.264 e. The zero-order chi connectivity index (χ0) is 11.8. The number of H-pyrrole nitrogens is 1. The highest BCUT2D eigenvalue weighted by molar-refractivity contribution is 5.90. The molecule has 17 heavy (non-hydrogen) atoms. The van der Waals surface area contributed by atoms with Crippen LogP contribution in [0.25, 0.3) is 22.5 Å². The molecule has 0 saturated heterocycles. The Kier molecular flexibility index (Phi) is 2.11. The van der Waals surface area contributed by atoms with Gasteiger partial charge in [0.05, 0.1) is 7.11 Å². The van der Waals surface area contributed by atoms with Crippen LogP contribution in [-0.4, -0.2) is 22.3 Å². The Morgan fingerprint density at radius 2 is 2.24 bits per heavy atom. The molecule has 0 aliphatic rings. The van der Waals surface area contributed by atoms with Crippen LogP contribution >= 0.6 is 0 Å². The number of nitrogens with zero attached hydrogens (tertiary/aromatic N) is 2. The molecule has 1 aromatic carbocycles. The number of methoxy groups -OCH3 is 1. The van der Waals surface area contributed by atoms with Crippen LogP contribution in [0.5, 0.6) is 5.75 Å². The first-order valence-electron chi connectivity index (χ1n) is 5.22. The Balaban J connectivity index is 2.25. The van der Waals surface area contributed by atoms with Gasteiger partial charge in [-0.3, -0.25) is 0 Å². The molecule has 0 amide bonds. The third-order valence-electron chi connectivity index (χ3n) is 2.84. The molecule has 5 heteroatoms. The second-order valence-electron chi connectivity index (χ2n) is 3.78. The van der Waals surface area contributed by atoms with Crippen molar-refractivity contribution < 1.29 is 9.15 Å². The summed E-state index contributed by atoms with van der Waals surface area (Å²) in [5.41, 5.74) is 2.95. The zero-order valence-electron chi connectivity index (χ0n) is 9.52. The van der Waals surface area contributed by atoms with Gasteiger partial charge < -0.3 is 14.1 Å². The number of fused-ring (bicyclic) bond motifs is 1. The largest absolute Gasteiger partial charge is 0.497 e. The first-order chi connectivity index (χ1) is 8.29. The molecule has 2 heterocycles. The van der Waals surface area contributed by atoms with Gasteiger partial charge in [0.2, 0.25) is 6.39 Å². The summed E-state index contributed by atoms with van der Waals surface area (Å²) >= 11 is 0. The maximum absolute atomic E-state index is 5.21. The second kappa shape index (κ2) is 3.62. The molecule has 1 N–H and O–H groups in total. The van der Waals surface area contributed by atoms with Crippen LogP contribution < -0.4 is 4.74 Å². The van der Waals surface area contributed by atoms with E-state index in [1.165, 1.54) is 6.39 Å². The minimum Gasteiger partial charge on any atom is -0.497 e. The number of ether oxygens (including phenoxy) is 1. The minimum atomic E-state index is 0.498. The molecule has 0 saturated carbocycles. The molecule has 0 bridgehead atoms. The normalized spacial score (nSPS) is 10.9. The van der Waals surface area contributed by atoms with Gasteiger partial charge in [0, 0.05) is 10.9 Å². The lowest BCUT2D eigenvalue weighted by molar-refractivity contribution is 0.415. The van der Waals surface area contributed by atoms with E-state index in [9.17, 15) is 0 Å². The van der Waals surface area contributed by atoms with Crippen molar-refractivity contribution in [1.82, 2.24) is 15.2 Å².